The van der Waals surface area contributed by atoms with Crippen LogP contribution in [0.4, 0.5) is 10.8 Å². The van der Waals surface area contributed by atoms with Crippen LogP contribution in [-0.2, 0) is 18.3 Å². The summed E-state index contributed by atoms with van der Waals surface area (Å²) in [5.74, 6) is 2.84. The molecular formula is C35H48N8O2S. The van der Waals surface area contributed by atoms with E-state index in [1.807, 2.05) is 6.07 Å². The largest absolute Gasteiger partial charge is 0.473 e. The SMILES string of the molecule is CCCc1c(-c2nc(O[C@@H](C)[C@@H]3CCCN3C)cc(N3CC[C@H](N4CCCC4)C3)n2)noc1[C@@]1(C)CCCc2sc(N)c(C#N)c21. The van der Waals surface area contributed by atoms with E-state index in [0.717, 1.165) is 87.3 Å². The molecule has 4 aliphatic rings. The first kappa shape index (κ1) is 31.4. The summed E-state index contributed by atoms with van der Waals surface area (Å²) in [7, 11) is 2.18. The third-order valence-electron chi connectivity index (χ3n) is 11.0. The number of anilines is 2. The van der Waals surface area contributed by atoms with Gasteiger partial charge in [-0.1, -0.05) is 18.5 Å². The minimum absolute atomic E-state index is 0.00460. The maximum Gasteiger partial charge on any atom is 0.219 e. The van der Waals surface area contributed by atoms with Gasteiger partial charge in [0.15, 0.2) is 17.3 Å². The van der Waals surface area contributed by atoms with Crippen molar-refractivity contribution < 1.29 is 9.26 Å². The van der Waals surface area contributed by atoms with Gasteiger partial charge in [-0.15, -0.1) is 11.3 Å². The lowest BCUT2D eigenvalue weighted by Gasteiger charge is -2.33. The second-order valence-corrected chi connectivity index (χ2v) is 15.2. The van der Waals surface area contributed by atoms with Crippen molar-refractivity contribution in [1.82, 2.24) is 24.9 Å². The molecule has 3 aromatic rings. The van der Waals surface area contributed by atoms with Crippen molar-refractivity contribution >= 4 is 22.2 Å². The molecule has 46 heavy (non-hydrogen) atoms. The van der Waals surface area contributed by atoms with Gasteiger partial charge in [-0.25, -0.2) is 4.98 Å². The van der Waals surface area contributed by atoms with Crippen molar-refractivity contribution in [1.29, 1.82) is 5.26 Å². The number of ether oxygens (including phenoxy) is 1. The topological polar surface area (TPSA) is 121 Å². The molecule has 0 unspecified atom stereocenters. The van der Waals surface area contributed by atoms with E-state index in [1.54, 1.807) is 11.3 Å². The number of hydrogen-bond acceptors (Lipinski definition) is 11. The number of thiophene rings is 1. The smallest absolute Gasteiger partial charge is 0.219 e. The number of fused-ring (bicyclic) bond motifs is 1. The highest BCUT2D eigenvalue weighted by Gasteiger charge is 2.44. The zero-order valence-electron chi connectivity index (χ0n) is 27.8. The molecular weight excluding hydrogens is 597 g/mol. The van der Waals surface area contributed by atoms with Gasteiger partial charge in [-0.05, 0) is 104 Å². The standard InChI is InChI=1S/C35H48N8O2S/c1-5-10-24-31(40-45-32(24)35(3)14-8-12-27-30(35)25(20-36)33(37)46-27)34-38-28(43-18-13-23(21-43)42-16-6-7-17-42)19-29(39-34)44-22(2)26-11-9-15-41(26)4/h19,22-23,26H,5-18,21,37H2,1-4H3/t22-,23-,26-,35-/m0/s1. The Balaban J connectivity index is 1.29. The molecule has 3 aromatic heterocycles. The Hall–Kier alpha value is -3.20. The molecule has 0 spiro atoms. The van der Waals surface area contributed by atoms with Gasteiger partial charge in [0.05, 0.1) is 11.0 Å². The molecule has 1 aliphatic carbocycles. The fourth-order valence-corrected chi connectivity index (χ4v) is 9.81. The van der Waals surface area contributed by atoms with Crippen LogP contribution in [0.25, 0.3) is 11.5 Å². The molecule has 6 heterocycles. The van der Waals surface area contributed by atoms with Gasteiger partial charge in [0.25, 0.3) is 0 Å². The summed E-state index contributed by atoms with van der Waals surface area (Å²) >= 11 is 1.54. The van der Waals surface area contributed by atoms with E-state index in [2.05, 4.69) is 48.6 Å². The monoisotopic (exact) mass is 644 g/mol. The molecule has 3 aliphatic heterocycles. The van der Waals surface area contributed by atoms with Gasteiger partial charge >= 0.3 is 0 Å². The van der Waals surface area contributed by atoms with Crippen molar-refractivity contribution in [3.63, 3.8) is 0 Å². The number of aromatic nitrogens is 3. The second-order valence-electron chi connectivity index (χ2n) is 14.1. The van der Waals surface area contributed by atoms with Crippen molar-refractivity contribution in [3.05, 3.63) is 33.4 Å². The van der Waals surface area contributed by atoms with E-state index in [1.165, 1.54) is 37.2 Å². The molecule has 11 heteroatoms. The van der Waals surface area contributed by atoms with Crippen LogP contribution in [0, 0.1) is 11.3 Å². The average molecular weight is 645 g/mol. The van der Waals surface area contributed by atoms with Crippen LogP contribution < -0.4 is 15.4 Å². The minimum Gasteiger partial charge on any atom is -0.473 e. The fraction of sp³-hybridized carbons (Fsp3) is 0.657. The quantitative estimate of drug-likeness (QED) is 0.307. The number of rotatable bonds is 9. The lowest BCUT2D eigenvalue weighted by atomic mass is 9.69. The molecule has 0 aromatic carbocycles. The Labute approximate surface area is 276 Å². The summed E-state index contributed by atoms with van der Waals surface area (Å²) in [6, 6.07) is 5.34. The zero-order valence-corrected chi connectivity index (χ0v) is 28.7. The molecule has 0 radical (unpaired) electrons. The van der Waals surface area contributed by atoms with E-state index >= 15 is 0 Å². The number of aryl methyl sites for hydroxylation is 1. The van der Waals surface area contributed by atoms with Crippen LogP contribution in [0.3, 0.4) is 0 Å². The normalized spacial score (nSPS) is 26.0. The summed E-state index contributed by atoms with van der Waals surface area (Å²) in [5, 5.41) is 15.4. The summed E-state index contributed by atoms with van der Waals surface area (Å²) < 4.78 is 13.0. The molecule has 3 saturated heterocycles. The third-order valence-corrected chi connectivity index (χ3v) is 12.1. The maximum atomic E-state index is 10.1. The lowest BCUT2D eigenvalue weighted by molar-refractivity contribution is 0.117. The predicted octanol–water partition coefficient (Wildman–Crippen LogP) is 5.78. The van der Waals surface area contributed by atoms with Gasteiger partial charge < -0.3 is 19.9 Å². The number of nitrogens with two attached hydrogens (primary N) is 1. The van der Waals surface area contributed by atoms with Crippen LogP contribution in [0.15, 0.2) is 10.6 Å². The minimum atomic E-state index is -0.501. The van der Waals surface area contributed by atoms with Crippen LogP contribution in [-0.4, -0.2) is 82.9 Å². The molecule has 0 amide bonds. The Bertz CT molecular complexity index is 1610. The summed E-state index contributed by atoms with van der Waals surface area (Å²) in [5.41, 5.74) is 9.17. The van der Waals surface area contributed by atoms with Crippen LogP contribution in [0.1, 0.15) is 99.5 Å². The second kappa shape index (κ2) is 12.8. The Morgan fingerprint density at radius 2 is 2.00 bits per heavy atom. The van der Waals surface area contributed by atoms with Crippen molar-refractivity contribution in [3.8, 4) is 23.5 Å². The van der Waals surface area contributed by atoms with Gasteiger partial charge in [0.2, 0.25) is 5.88 Å². The Kier molecular flexibility index (Phi) is 8.72. The van der Waals surface area contributed by atoms with Crippen molar-refractivity contribution in [2.75, 3.05) is 50.4 Å². The Morgan fingerprint density at radius 1 is 1.17 bits per heavy atom. The zero-order chi connectivity index (χ0) is 32.0. The average Bonchev–Trinajstić information content (AvgIpc) is 3.87. The molecule has 7 rings (SSSR count). The molecule has 3 fully saturated rings. The van der Waals surface area contributed by atoms with E-state index in [4.69, 9.17) is 30.1 Å². The van der Waals surface area contributed by atoms with Gasteiger partial charge in [-0.2, -0.15) is 10.2 Å². The summed E-state index contributed by atoms with van der Waals surface area (Å²) in [6.07, 6.45) is 10.5. The van der Waals surface area contributed by atoms with E-state index in [-0.39, 0.29) is 6.10 Å². The van der Waals surface area contributed by atoms with E-state index < -0.39 is 5.41 Å². The van der Waals surface area contributed by atoms with Gasteiger partial charge in [-0.3, -0.25) is 9.80 Å². The highest BCUT2D eigenvalue weighted by atomic mass is 32.1. The molecule has 4 atom stereocenters. The number of likely N-dealkylation sites (tertiary alicyclic amines) is 2. The highest BCUT2D eigenvalue weighted by molar-refractivity contribution is 7.16. The first-order valence-corrected chi connectivity index (χ1v) is 18.2. The van der Waals surface area contributed by atoms with Gasteiger partial charge in [0, 0.05) is 41.7 Å². The number of nitriles is 1. The molecule has 0 saturated carbocycles. The highest BCUT2D eigenvalue weighted by Crippen LogP contribution is 2.50. The summed E-state index contributed by atoms with van der Waals surface area (Å²) in [6.45, 7) is 11.9. The molecule has 10 nitrogen and oxygen atoms in total. The number of likely N-dealkylation sites (N-methyl/N-ethyl adjacent to an activating group) is 1. The van der Waals surface area contributed by atoms with E-state index in [9.17, 15) is 5.26 Å². The first-order chi connectivity index (χ1) is 22.3. The number of nitrogen functional groups attached to an aromatic ring is 1. The number of nitrogens with zero attached hydrogens (tertiary/aromatic N) is 7. The predicted molar refractivity (Wildman–Crippen MR) is 182 cm³/mol. The van der Waals surface area contributed by atoms with Crippen LogP contribution in [0.5, 0.6) is 5.88 Å². The lowest BCUT2D eigenvalue weighted by Crippen LogP contribution is -2.38. The first-order valence-electron chi connectivity index (χ1n) is 17.4. The van der Waals surface area contributed by atoms with Crippen molar-refractivity contribution in [2.24, 2.45) is 0 Å². The van der Waals surface area contributed by atoms with Crippen molar-refractivity contribution in [2.45, 2.75) is 109 Å². The summed E-state index contributed by atoms with van der Waals surface area (Å²) in [4.78, 5) is 18.8. The van der Waals surface area contributed by atoms with E-state index in [0.29, 0.717) is 40.0 Å². The maximum absolute atomic E-state index is 10.1. The van der Waals surface area contributed by atoms with Crippen LogP contribution >= 0.6 is 11.3 Å². The molecule has 246 valence electrons. The Morgan fingerprint density at radius 3 is 2.74 bits per heavy atom. The van der Waals surface area contributed by atoms with Crippen LogP contribution in [0.2, 0.25) is 0 Å². The number of hydrogen-bond donors (Lipinski definition) is 1. The third kappa shape index (κ3) is 5.56. The fourth-order valence-electron chi connectivity index (χ4n) is 8.62. The molecule has 0 bridgehead atoms. The van der Waals surface area contributed by atoms with Gasteiger partial charge in [0.1, 0.15) is 23.0 Å². The molecule has 2 N–H and O–H groups in total.